The molecular formula is C7H13Cl2N3O2. The van der Waals surface area contributed by atoms with Crippen molar-refractivity contribution in [2.24, 2.45) is 0 Å². The smallest absolute Gasteiger partial charge is 0.325 e. The van der Waals surface area contributed by atoms with Crippen LogP contribution >= 0.6 is 24.8 Å². The van der Waals surface area contributed by atoms with Gasteiger partial charge in [-0.1, -0.05) is 0 Å². The van der Waals surface area contributed by atoms with Crippen LogP contribution in [0.15, 0.2) is 0 Å². The average molecular weight is 242 g/mol. The fourth-order valence-electron chi connectivity index (χ4n) is 0.993. The van der Waals surface area contributed by atoms with Gasteiger partial charge >= 0.3 is 5.97 Å². The predicted molar refractivity (Wildman–Crippen MR) is 58.2 cm³/mol. The predicted octanol–water partition coefficient (Wildman–Crippen LogP) is 1.01. The first-order valence-electron chi connectivity index (χ1n) is 3.53. The second-order valence-electron chi connectivity index (χ2n) is 2.64. The molecular weight excluding hydrogens is 229 g/mol. The van der Waals surface area contributed by atoms with Crippen LogP contribution in [0.25, 0.3) is 0 Å². The molecule has 0 aliphatic heterocycles. The van der Waals surface area contributed by atoms with Gasteiger partial charge in [-0.3, -0.25) is 9.48 Å². The number of nitrogens with zero attached hydrogens (tertiary/aromatic N) is 2. The molecule has 0 spiro atoms. The highest BCUT2D eigenvalue weighted by atomic mass is 35.5. The number of aryl methyl sites for hydroxylation is 1. The fourth-order valence-corrected chi connectivity index (χ4v) is 0.993. The van der Waals surface area contributed by atoms with Crippen molar-refractivity contribution in [2.45, 2.75) is 20.4 Å². The number of nitrogen functional groups attached to an aromatic ring is 1. The number of rotatable bonds is 2. The first-order valence-corrected chi connectivity index (χ1v) is 3.53. The molecule has 3 N–H and O–H groups in total. The molecule has 0 amide bonds. The Morgan fingerprint density at radius 3 is 2.29 bits per heavy atom. The number of anilines is 1. The summed E-state index contributed by atoms with van der Waals surface area (Å²) in [6.07, 6.45) is 0. The molecule has 5 nitrogen and oxygen atoms in total. The van der Waals surface area contributed by atoms with E-state index in [0.29, 0.717) is 17.1 Å². The van der Waals surface area contributed by atoms with E-state index in [-0.39, 0.29) is 31.4 Å². The number of carboxylic acid groups (broad SMARTS) is 1. The highest BCUT2D eigenvalue weighted by molar-refractivity contribution is 5.85. The lowest BCUT2D eigenvalue weighted by atomic mass is 10.3. The van der Waals surface area contributed by atoms with Crippen LogP contribution < -0.4 is 5.73 Å². The van der Waals surface area contributed by atoms with Gasteiger partial charge in [0.15, 0.2) is 0 Å². The maximum atomic E-state index is 10.3. The number of hydrogen-bond donors (Lipinski definition) is 2. The lowest BCUT2D eigenvalue weighted by Crippen LogP contribution is -2.11. The molecule has 1 heterocycles. The van der Waals surface area contributed by atoms with E-state index in [2.05, 4.69) is 5.10 Å². The molecule has 0 saturated heterocycles. The molecule has 0 radical (unpaired) electrons. The molecule has 1 aromatic heterocycles. The van der Waals surface area contributed by atoms with Crippen molar-refractivity contribution in [3.8, 4) is 0 Å². The number of aromatic nitrogens is 2. The molecule has 14 heavy (non-hydrogen) atoms. The Balaban J connectivity index is 0. The highest BCUT2D eigenvalue weighted by Crippen LogP contribution is 2.13. The van der Waals surface area contributed by atoms with Crippen molar-refractivity contribution in [1.82, 2.24) is 9.78 Å². The maximum Gasteiger partial charge on any atom is 0.325 e. The minimum absolute atomic E-state index is 0. The van der Waals surface area contributed by atoms with Crippen LogP contribution in [0.3, 0.4) is 0 Å². The first-order chi connectivity index (χ1) is 5.52. The summed E-state index contributed by atoms with van der Waals surface area (Å²) in [6.45, 7) is 3.36. The van der Waals surface area contributed by atoms with E-state index in [9.17, 15) is 4.79 Å². The van der Waals surface area contributed by atoms with Crippen molar-refractivity contribution < 1.29 is 9.90 Å². The third-order valence-corrected chi connectivity index (χ3v) is 1.72. The van der Waals surface area contributed by atoms with Gasteiger partial charge < -0.3 is 10.8 Å². The number of carboxylic acids is 1. The number of nitrogens with two attached hydrogens (primary N) is 1. The molecule has 82 valence electrons. The Labute approximate surface area is 94.1 Å². The summed E-state index contributed by atoms with van der Waals surface area (Å²) in [5.41, 5.74) is 7.55. The molecule has 1 rings (SSSR count). The van der Waals surface area contributed by atoms with Crippen molar-refractivity contribution in [3.05, 3.63) is 11.4 Å². The maximum absolute atomic E-state index is 10.3. The van der Waals surface area contributed by atoms with Crippen LogP contribution in [0.1, 0.15) is 11.4 Å². The first kappa shape index (κ1) is 15.5. The average Bonchev–Trinajstić information content (AvgIpc) is 2.17. The number of carbonyl (C=O) groups is 1. The van der Waals surface area contributed by atoms with Crippen molar-refractivity contribution >= 4 is 36.5 Å². The van der Waals surface area contributed by atoms with E-state index < -0.39 is 5.97 Å². The SMILES string of the molecule is Cc1nn(CC(=O)O)c(C)c1N.Cl.Cl. The zero-order chi connectivity index (χ0) is 9.30. The van der Waals surface area contributed by atoms with Crippen LogP contribution in [0.2, 0.25) is 0 Å². The third kappa shape index (κ3) is 3.08. The van der Waals surface area contributed by atoms with Crippen molar-refractivity contribution in [3.63, 3.8) is 0 Å². The van der Waals surface area contributed by atoms with Crippen LogP contribution in [-0.2, 0) is 11.3 Å². The van der Waals surface area contributed by atoms with Crippen LogP contribution in [0.5, 0.6) is 0 Å². The van der Waals surface area contributed by atoms with Gasteiger partial charge in [0.1, 0.15) is 6.54 Å². The Morgan fingerprint density at radius 2 is 2.00 bits per heavy atom. The number of hydrogen-bond acceptors (Lipinski definition) is 3. The summed E-state index contributed by atoms with van der Waals surface area (Å²) in [6, 6.07) is 0. The quantitative estimate of drug-likeness (QED) is 0.810. The van der Waals surface area contributed by atoms with Crippen molar-refractivity contribution in [1.29, 1.82) is 0 Å². The van der Waals surface area contributed by atoms with E-state index in [4.69, 9.17) is 10.8 Å². The topological polar surface area (TPSA) is 81.1 Å². The van der Waals surface area contributed by atoms with E-state index in [1.165, 1.54) is 4.68 Å². The number of halogens is 2. The summed E-state index contributed by atoms with van der Waals surface area (Å²) in [7, 11) is 0. The molecule has 7 heteroatoms. The molecule has 0 saturated carbocycles. The van der Waals surface area contributed by atoms with Gasteiger partial charge in [-0.05, 0) is 13.8 Å². The van der Waals surface area contributed by atoms with Crippen LogP contribution in [0.4, 0.5) is 5.69 Å². The number of aliphatic carboxylic acids is 1. The third-order valence-electron chi connectivity index (χ3n) is 1.72. The van der Waals surface area contributed by atoms with E-state index in [0.717, 1.165) is 0 Å². The van der Waals surface area contributed by atoms with Gasteiger partial charge in [-0.25, -0.2) is 0 Å². The molecule has 1 aromatic rings. The summed E-state index contributed by atoms with van der Waals surface area (Å²) in [5.74, 6) is -0.916. The normalized spacial score (nSPS) is 8.71. The molecule has 0 unspecified atom stereocenters. The van der Waals surface area contributed by atoms with Gasteiger partial charge in [0, 0.05) is 0 Å². The summed E-state index contributed by atoms with van der Waals surface area (Å²) in [5, 5.41) is 12.5. The summed E-state index contributed by atoms with van der Waals surface area (Å²) in [4.78, 5) is 10.3. The Hall–Kier alpha value is -0.940. The molecule has 0 bridgehead atoms. The van der Waals surface area contributed by atoms with E-state index in [1.807, 2.05) is 0 Å². The molecule has 0 aliphatic carbocycles. The second kappa shape index (κ2) is 5.72. The Kier molecular flexibility index (Phi) is 6.34. The second-order valence-corrected chi connectivity index (χ2v) is 2.64. The molecule has 0 atom stereocenters. The molecule has 0 aromatic carbocycles. The van der Waals surface area contributed by atoms with Crippen molar-refractivity contribution in [2.75, 3.05) is 5.73 Å². The minimum Gasteiger partial charge on any atom is -0.480 e. The zero-order valence-corrected chi connectivity index (χ0v) is 9.48. The lowest BCUT2D eigenvalue weighted by molar-refractivity contribution is -0.137. The zero-order valence-electron chi connectivity index (χ0n) is 7.85. The standard InChI is InChI=1S/C7H11N3O2.2ClH/c1-4-7(8)5(2)10(9-4)3-6(11)12;;/h3,8H2,1-2H3,(H,11,12);2*1H. The van der Waals surface area contributed by atoms with Gasteiger partial charge in [-0.15, -0.1) is 24.8 Å². The monoisotopic (exact) mass is 241 g/mol. The lowest BCUT2D eigenvalue weighted by Gasteiger charge is -1.98. The van der Waals surface area contributed by atoms with Gasteiger partial charge in [0.2, 0.25) is 0 Å². The largest absolute Gasteiger partial charge is 0.480 e. The fraction of sp³-hybridized carbons (Fsp3) is 0.429. The van der Waals surface area contributed by atoms with Crippen LogP contribution in [-0.4, -0.2) is 20.9 Å². The van der Waals surface area contributed by atoms with Gasteiger partial charge in [0.25, 0.3) is 0 Å². The van der Waals surface area contributed by atoms with E-state index in [1.54, 1.807) is 13.8 Å². The Bertz CT molecular complexity index is 325. The highest BCUT2D eigenvalue weighted by Gasteiger charge is 2.09. The summed E-state index contributed by atoms with van der Waals surface area (Å²) >= 11 is 0. The van der Waals surface area contributed by atoms with Gasteiger partial charge in [0.05, 0.1) is 17.1 Å². The van der Waals surface area contributed by atoms with Gasteiger partial charge in [-0.2, -0.15) is 5.10 Å². The van der Waals surface area contributed by atoms with E-state index >= 15 is 0 Å². The van der Waals surface area contributed by atoms with Crippen LogP contribution in [0, 0.1) is 13.8 Å². The molecule has 0 aliphatic rings. The molecule has 0 fully saturated rings. The minimum atomic E-state index is -0.916. The Morgan fingerprint density at radius 1 is 1.50 bits per heavy atom. The summed E-state index contributed by atoms with van der Waals surface area (Å²) < 4.78 is 1.38.